The average Bonchev–Trinajstić information content (AvgIpc) is 2.70. The number of carbonyl (C=O) groups is 1. The summed E-state index contributed by atoms with van der Waals surface area (Å²) in [5, 5.41) is 2.61. The maximum atomic E-state index is 13.0. The summed E-state index contributed by atoms with van der Waals surface area (Å²) in [5.74, 6) is -0.901. The van der Waals surface area contributed by atoms with Crippen LogP contribution in [-0.4, -0.2) is 14.3 Å². The molecule has 144 valence electrons. The highest BCUT2D eigenvalue weighted by molar-refractivity contribution is 7.92. The van der Waals surface area contributed by atoms with Gasteiger partial charge in [0.25, 0.3) is 15.9 Å². The normalized spacial score (nSPS) is 11.1. The van der Waals surface area contributed by atoms with Crippen LogP contribution >= 0.6 is 0 Å². The minimum absolute atomic E-state index is 0.0230. The molecule has 0 fully saturated rings. The fraction of sp³-hybridized carbons (Fsp3) is 0.0952. The quantitative estimate of drug-likeness (QED) is 0.645. The van der Waals surface area contributed by atoms with E-state index in [1.807, 2.05) is 19.1 Å². The van der Waals surface area contributed by atoms with E-state index >= 15 is 0 Å². The molecule has 0 aliphatic rings. The Labute approximate surface area is 163 Å². The zero-order valence-corrected chi connectivity index (χ0v) is 16.0. The van der Waals surface area contributed by atoms with Crippen LogP contribution in [0.2, 0.25) is 0 Å². The molecule has 1 amide bonds. The van der Waals surface area contributed by atoms with Gasteiger partial charge >= 0.3 is 0 Å². The predicted molar refractivity (Wildman–Crippen MR) is 107 cm³/mol. The lowest BCUT2D eigenvalue weighted by Crippen LogP contribution is -2.16. The number of hydrogen-bond donors (Lipinski definition) is 2. The van der Waals surface area contributed by atoms with Gasteiger partial charge in [0.2, 0.25) is 0 Å². The van der Waals surface area contributed by atoms with Crippen LogP contribution in [0.1, 0.15) is 22.8 Å². The zero-order valence-electron chi connectivity index (χ0n) is 15.1. The summed E-state index contributed by atoms with van der Waals surface area (Å²) in [6.45, 7) is 1.94. The topological polar surface area (TPSA) is 75.3 Å². The third-order valence-corrected chi connectivity index (χ3v) is 5.51. The van der Waals surface area contributed by atoms with E-state index in [-0.39, 0.29) is 10.5 Å². The molecule has 3 aromatic rings. The van der Waals surface area contributed by atoms with Crippen LogP contribution in [-0.2, 0) is 16.4 Å². The summed E-state index contributed by atoms with van der Waals surface area (Å²) in [4.78, 5) is 12.4. The number of carbonyl (C=O) groups excluding carboxylic acids is 1. The monoisotopic (exact) mass is 398 g/mol. The van der Waals surface area contributed by atoms with Gasteiger partial charge in [-0.3, -0.25) is 9.52 Å². The molecule has 0 spiro atoms. The fourth-order valence-electron chi connectivity index (χ4n) is 2.67. The van der Waals surface area contributed by atoms with E-state index in [1.54, 1.807) is 12.1 Å². The first-order valence-electron chi connectivity index (χ1n) is 8.67. The van der Waals surface area contributed by atoms with Crippen molar-refractivity contribution in [1.29, 1.82) is 0 Å². The second-order valence-corrected chi connectivity index (χ2v) is 7.79. The van der Waals surface area contributed by atoms with Gasteiger partial charge in [-0.2, -0.15) is 0 Å². The molecule has 3 rings (SSSR count). The van der Waals surface area contributed by atoms with Crippen LogP contribution in [0.4, 0.5) is 15.8 Å². The largest absolute Gasteiger partial charge is 0.322 e. The van der Waals surface area contributed by atoms with E-state index < -0.39 is 21.7 Å². The third-order valence-electron chi connectivity index (χ3n) is 4.15. The molecule has 0 bridgehead atoms. The molecule has 3 aromatic carbocycles. The van der Waals surface area contributed by atoms with Crippen molar-refractivity contribution in [3.8, 4) is 0 Å². The standard InChI is InChI=1S/C21H19FN2O3S/c1-2-15-6-3-4-9-20(15)24-28(26,27)19-8-5-7-16(14-19)21(25)23-18-12-10-17(22)11-13-18/h3-14,24H,2H2,1H3,(H,23,25). The van der Waals surface area contributed by atoms with Crippen molar-refractivity contribution in [3.63, 3.8) is 0 Å². The number of para-hydroxylation sites is 1. The first-order chi connectivity index (χ1) is 13.4. The molecule has 0 saturated heterocycles. The lowest BCUT2D eigenvalue weighted by molar-refractivity contribution is 0.102. The number of halogens is 1. The average molecular weight is 398 g/mol. The van der Waals surface area contributed by atoms with E-state index in [1.165, 1.54) is 48.5 Å². The van der Waals surface area contributed by atoms with Gasteiger partial charge < -0.3 is 5.32 Å². The second kappa shape index (κ2) is 8.22. The van der Waals surface area contributed by atoms with Crippen LogP contribution in [0.3, 0.4) is 0 Å². The zero-order chi connectivity index (χ0) is 20.1. The van der Waals surface area contributed by atoms with Crippen molar-refractivity contribution >= 4 is 27.3 Å². The third kappa shape index (κ3) is 4.55. The van der Waals surface area contributed by atoms with Crippen molar-refractivity contribution in [2.75, 3.05) is 10.0 Å². The SMILES string of the molecule is CCc1ccccc1NS(=O)(=O)c1cccc(C(=O)Nc2ccc(F)cc2)c1. The highest BCUT2D eigenvalue weighted by atomic mass is 32.2. The molecule has 5 nitrogen and oxygen atoms in total. The smallest absolute Gasteiger partial charge is 0.261 e. The van der Waals surface area contributed by atoms with Crippen molar-refractivity contribution in [3.05, 3.63) is 89.7 Å². The van der Waals surface area contributed by atoms with Crippen molar-refractivity contribution in [2.45, 2.75) is 18.2 Å². The number of nitrogens with one attached hydrogen (secondary N) is 2. The van der Waals surface area contributed by atoms with E-state index in [0.29, 0.717) is 17.8 Å². The van der Waals surface area contributed by atoms with Crippen LogP contribution in [0.25, 0.3) is 0 Å². The van der Waals surface area contributed by atoms with Gasteiger partial charge in [0.15, 0.2) is 0 Å². The number of anilines is 2. The van der Waals surface area contributed by atoms with Crippen molar-refractivity contribution in [2.24, 2.45) is 0 Å². The van der Waals surface area contributed by atoms with E-state index in [9.17, 15) is 17.6 Å². The highest BCUT2D eigenvalue weighted by Gasteiger charge is 2.17. The molecule has 0 saturated carbocycles. The molecule has 0 heterocycles. The summed E-state index contributed by atoms with van der Waals surface area (Å²) < 4.78 is 41.1. The fourth-order valence-corrected chi connectivity index (χ4v) is 3.82. The van der Waals surface area contributed by atoms with E-state index in [0.717, 1.165) is 5.56 Å². The Balaban J connectivity index is 1.83. The summed E-state index contributed by atoms with van der Waals surface area (Å²) in [6.07, 6.45) is 0.679. The Morgan fingerprint density at radius 3 is 2.39 bits per heavy atom. The lowest BCUT2D eigenvalue weighted by Gasteiger charge is -2.12. The Kier molecular flexibility index (Phi) is 5.75. The molecule has 0 atom stereocenters. The van der Waals surface area contributed by atoms with Crippen molar-refractivity contribution in [1.82, 2.24) is 0 Å². The number of amides is 1. The summed E-state index contributed by atoms with van der Waals surface area (Å²) in [7, 11) is -3.86. The first-order valence-corrected chi connectivity index (χ1v) is 10.1. The van der Waals surface area contributed by atoms with E-state index in [2.05, 4.69) is 10.0 Å². The molecule has 0 unspecified atom stereocenters. The van der Waals surface area contributed by atoms with E-state index in [4.69, 9.17) is 0 Å². The minimum atomic E-state index is -3.86. The molecular weight excluding hydrogens is 379 g/mol. The number of hydrogen-bond acceptors (Lipinski definition) is 3. The second-order valence-electron chi connectivity index (χ2n) is 6.11. The molecule has 0 aromatic heterocycles. The van der Waals surface area contributed by atoms with Gasteiger partial charge in [0.05, 0.1) is 10.6 Å². The van der Waals surface area contributed by atoms with Crippen LogP contribution in [0.5, 0.6) is 0 Å². The van der Waals surface area contributed by atoms with Gasteiger partial charge in [-0.1, -0.05) is 31.2 Å². The van der Waals surface area contributed by atoms with Crippen LogP contribution in [0, 0.1) is 5.82 Å². The molecule has 2 N–H and O–H groups in total. The van der Waals surface area contributed by atoms with Gasteiger partial charge in [0, 0.05) is 11.3 Å². The Morgan fingerprint density at radius 2 is 1.68 bits per heavy atom. The molecule has 28 heavy (non-hydrogen) atoms. The summed E-state index contributed by atoms with van der Waals surface area (Å²) >= 11 is 0. The van der Waals surface area contributed by atoms with Crippen LogP contribution < -0.4 is 10.0 Å². The maximum Gasteiger partial charge on any atom is 0.261 e. The minimum Gasteiger partial charge on any atom is -0.322 e. The molecular formula is C21H19FN2O3S. The summed E-state index contributed by atoms with van der Waals surface area (Å²) in [6, 6.07) is 18.2. The Morgan fingerprint density at radius 1 is 0.964 bits per heavy atom. The van der Waals surface area contributed by atoms with Gasteiger partial charge in [-0.15, -0.1) is 0 Å². The predicted octanol–water partition coefficient (Wildman–Crippen LogP) is 4.44. The number of rotatable bonds is 6. The Bertz CT molecular complexity index is 1100. The summed E-state index contributed by atoms with van der Waals surface area (Å²) in [5.41, 5.74) is 1.97. The highest BCUT2D eigenvalue weighted by Crippen LogP contribution is 2.21. The molecule has 0 aliphatic heterocycles. The molecule has 0 aliphatic carbocycles. The molecule has 0 radical (unpaired) electrons. The van der Waals surface area contributed by atoms with Gasteiger partial charge in [-0.25, -0.2) is 12.8 Å². The van der Waals surface area contributed by atoms with Crippen molar-refractivity contribution < 1.29 is 17.6 Å². The number of sulfonamides is 1. The maximum absolute atomic E-state index is 13.0. The van der Waals surface area contributed by atoms with Gasteiger partial charge in [0.1, 0.15) is 5.82 Å². The number of aryl methyl sites for hydroxylation is 1. The molecule has 7 heteroatoms. The van der Waals surface area contributed by atoms with Gasteiger partial charge in [-0.05, 0) is 60.5 Å². The first kappa shape index (κ1) is 19.6. The Hall–Kier alpha value is -3.19. The van der Waals surface area contributed by atoms with Crippen LogP contribution in [0.15, 0.2) is 77.7 Å². The lowest BCUT2D eigenvalue weighted by atomic mass is 10.1. The number of benzene rings is 3.